The molecule has 5 aromatic carbocycles. The summed E-state index contributed by atoms with van der Waals surface area (Å²) in [5.41, 5.74) is 8.94. The van der Waals surface area contributed by atoms with Crippen LogP contribution in [-0.4, -0.2) is 178 Å². The van der Waals surface area contributed by atoms with Crippen LogP contribution in [0, 0.1) is 17.8 Å². The maximum absolute atomic E-state index is 15.9. The quantitative estimate of drug-likeness (QED) is 0.0803. The number of carboxylic acids is 1. The molecule has 0 saturated carbocycles. The Kier molecular flexibility index (Phi) is 23.1. The zero-order valence-corrected chi connectivity index (χ0v) is 57.2. The number of nitrogens with one attached hydrogen (secondary N) is 4. The number of hydrogen-bond acceptors (Lipinski definition) is 24. The summed E-state index contributed by atoms with van der Waals surface area (Å²) in [5, 5.41) is 124. The summed E-state index contributed by atoms with van der Waals surface area (Å²) >= 11 is 14.2. The van der Waals surface area contributed by atoms with Gasteiger partial charge in [0.2, 0.25) is 41.6 Å². The van der Waals surface area contributed by atoms with Crippen molar-refractivity contribution in [1.29, 1.82) is 0 Å². The fourth-order valence-electron chi connectivity index (χ4n) is 13.4. The molecule has 12 bridgehead atoms. The van der Waals surface area contributed by atoms with E-state index in [9.17, 15) is 75.0 Å². The number of carboxylic acid groups (broad SMARTS) is 1. The van der Waals surface area contributed by atoms with E-state index in [0.717, 1.165) is 30.3 Å². The van der Waals surface area contributed by atoms with Gasteiger partial charge in [-0.15, -0.1) is 0 Å². The minimum Gasteiger partial charge on any atom is -0.508 e. The van der Waals surface area contributed by atoms with Gasteiger partial charge in [0.25, 0.3) is 0 Å². The largest absolute Gasteiger partial charge is 0.508 e. The van der Waals surface area contributed by atoms with Crippen molar-refractivity contribution in [2.24, 2.45) is 29.2 Å². The van der Waals surface area contributed by atoms with Crippen LogP contribution in [0.3, 0.4) is 0 Å². The van der Waals surface area contributed by atoms with Crippen LogP contribution in [0.2, 0.25) is 10.0 Å². The van der Waals surface area contributed by atoms with Gasteiger partial charge in [-0.25, -0.2) is 4.79 Å². The van der Waals surface area contributed by atoms with Crippen LogP contribution in [-0.2, 0) is 59.0 Å². The monoisotopic (exact) mass is 1460 g/mol. The second-order valence-corrected chi connectivity index (χ2v) is 27.8. The molecular weight excluding hydrogens is 1380 g/mol. The standard InChI is InChI=1S/C70H80Cl2N6O24/c1-6-30(13-27(2)3)64(91)77-55-45(84)20-34(21-51(73)85)65(92)75-41-14-29-15-48(98-46-11-8-32(57(55)86)18-39(46)71)61(102-69-62(60(89)59(88)50(26-79)100-69)101-52-25-70(5,74)63(90)28(4)97-52)49(16-29)99-47-12-9-33(19-40(47)72)58(87)56-67(94)76-54(68(95)96)38-22-35(80)23-44(83)53(38)37-17-31(7-10-42(37)81)36(24-43(41)82)66(93)78-56/h7-12,15-19,22-23,27-28,30,34,36,41,50,52,54-60,62-63,69,79-81,83,86-90H,6,13-14,20-21,24-26,74H2,1-5H3,(H2,73,85)(H,75,92)(H,76,94)(H,77,91)(H,78,93)(H,95,96)/t28?,30-,34+,36-,41-,50?,52?,54+,55+,56+,57-,58-,59?,60?,62+,63?,69?,70+/m1/s1. The number of benzene rings is 5. The highest BCUT2D eigenvalue weighted by Crippen LogP contribution is 2.49. The van der Waals surface area contributed by atoms with E-state index in [1.165, 1.54) is 62.4 Å². The number of hydrogen-bond donors (Lipinski definition) is 16. The minimum atomic E-state index is -2.24. The van der Waals surface area contributed by atoms with Crippen molar-refractivity contribution in [1.82, 2.24) is 21.3 Å². The Morgan fingerprint density at radius 3 is 1.97 bits per heavy atom. The number of Topliss-reactive ketones (excluding diaryl/α,β-unsaturated/α-hetero) is 2. The smallest absolute Gasteiger partial charge is 0.330 e. The number of primary amides is 1. The molecule has 5 aromatic rings. The molecule has 7 unspecified atom stereocenters. The number of phenolic OH excluding ortho intramolecular Hbond substituents is 3. The summed E-state index contributed by atoms with van der Waals surface area (Å²) in [6.45, 7) is 7.60. The van der Waals surface area contributed by atoms with Crippen molar-refractivity contribution in [2.45, 2.75) is 177 Å². The Labute approximate surface area is 593 Å². The van der Waals surface area contributed by atoms with Crippen LogP contribution < -0.4 is 46.9 Å². The Balaban J connectivity index is 1.22. The Morgan fingerprint density at radius 1 is 0.745 bits per heavy atom. The van der Waals surface area contributed by atoms with Gasteiger partial charge in [0.15, 0.2) is 41.5 Å². The third-order valence-electron chi connectivity index (χ3n) is 18.9. The number of nitrogens with two attached hydrogens (primary N) is 2. The summed E-state index contributed by atoms with van der Waals surface area (Å²) in [7, 11) is 0. The van der Waals surface area contributed by atoms with Gasteiger partial charge in [0.05, 0.1) is 46.7 Å². The lowest BCUT2D eigenvalue weighted by molar-refractivity contribution is -0.333. The summed E-state index contributed by atoms with van der Waals surface area (Å²) in [6, 6.07) is 6.42. The van der Waals surface area contributed by atoms with Crippen molar-refractivity contribution in [2.75, 3.05) is 6.61 Å². The van der Waals surface area contributed by atoms with E-state index >= 15 is 14.4 Å². The van der Waals surface area contributed by atoms with Crippen molar-refractivity contribution in [3.8, 4) is 57.1 Å². The lowest BCUT2D eigenvalue weighted by atomic mass is 9.85. The average molecular weight is 1460 g/mol. The molecule has 18 N–H and O–H groups in total. The summed E-state index contributed by atoms with van der Waals surface area (Å²) in [5.74, 6) is -18.1. The van der Waals surface area contributed by atoms with E-state index < -0.39 is 239 Å². The summed E-state index contributed by atoms with van der Waals surface area (Å²) in [4.78, 5) is 117. The van der Waals surface area contributed by atoms with E-state index in [0.29, 0.717) is 12.8 Å². The van der Waals surface area contributed by atoms with E-state index in [-0.39, 0.29) is 56.1 Å². The molecular formula is C70H80Cl2N6O24. The van der Waals surface area contributed by atoms with Crippen LogP contribution >= 0.6 is 23.2 Å². The van der Waals surface area contributed by atoms with Crippen molar-refractivity contribution >= 4 is 70.3 Å². The number of carbonyl (C=O) groups is 8. The highest BCUT2D eigenvalue weighted by atomic mass is 35.5. The predicted molar refractivity (Wildman–Crippen MR) is 358 cm³/mol. The van der Waals surface area contributed by atoms with Gasteiger partial charge in [-0.05, 0) is 109 Å². The predicted octanol–water partition coefficient (Wildman–Crippen LogP) is 3.39. The Hall–Kier alpha value is -8.76. The topological polar surface area (TPSA) is 494 Å². The number of amides is 5. The molecule has 7 aliphatic rings. The second kappa shape index (κ2) is 31.1. The molecule has 0 aliphatic carbocycles. The van der Waals surface area contributed by atoms with Gasteiger partial charge in [-0.3, -0.25) is 33.6 Å². The number of phenols is 3. The SMILES string of the molecule is CC[C@H](CC(C)C)C(=O)N[C@H]1C(=O)C[C@@H](CC(N)=O)C(=O)N[C@@H]2Cc3cc(c(OC4OC(CO)C(O)C(O)[C@@H]4OC4C[C@](C)(N)C(O)C(C)O4)c(c3)Oc3ccc(cc3Cl)[C@H]1O)Oc1ccc(cc1Cl)[C@@H](O)[C@@H]1NC(=O)[C@H](CC2=O)c2ccc(O)c(c2)-c2c(O)cc(O)cc2[C@@H](C(=O)O)NC1=O. The second-order valence-electron chi connectivity index (χ2n) is 27.0. The van der Waals surface area contributed by atoms with E-state index in [2.05, 4.69) is 21.3 Å². The van der Waals surface area contributed by atoms with Crippen LogP contribution in [0.25, 0.3) is 11.1 Å². The van der Waals surface area contributed by atoms with Gasteiger partial charge in [0, 0.05) is 66.3 Å². The first kappa shape index (κ1) is 75.9. The molecule has 548 valence electrons. The van der Waals surface area contributed by atoms with Gasteiger partial charge in [-0.1, -0.05) is 62.2 Å². The van der Waals surface area contributed by atoms with Crippen LogP contribution in [0.5, 0.6) is 46.0 Å². The van der Waals surface area contributed by atoms with Gasteiger partial charge in [0.1, 0.15) is 71.4 Å². The first-order valence-corrected chi connectivity index (χ1v) is 33.6. The molecule has 0 aromatic heterocycles. The molecule has 102 heavy (non-hydrogen) atoms. The molecule has 32 heteroatoms. The number of ether oxygens (including phenoxy) is 6. The summed E-state index contributed by atoms with van der Waals surface area (Å²) < 4.78 is 38.5. The molecule has 7 heterocycles. The van der Waals surface area contributed by atoms with Crippen LogP contribution in [0.4, 0.5) is 0 Å². The Morgan fingerprint density at radius 2 is 1.38 bits per heavy atom. The third kappa shape index (κ3) is 16.3. The van der Waals surface area contributed by atoms with E-state index in [1.807, 2.05) is 13.8 Å². The first-order chi connectivity index (χ1) is 48.1. The molecule has 7 aliphatic heterocycles. The average Bonchev–Trinajstić information content (AvgIpc) is 0.774. The van der Waals surface area contributed by atoms with Crippen LogP contribution in [0.1, 0.15) is 125 Å². The Bertz CT molecular complexity index is 4080. The number of ketones is 2. The number of rotatable bonds is 13. The third-order valence-corrected chi connectivity index (χ3v) is 19.4. The zero-order valence-electron chi connectivity index (χ0n) is 55.7. The van der Waals surface area contributed by atoms with Crippen LogP contribution in [0.15, 0.2) is 78.9 Å². The zero-order chi connectivity index (χ0) is 74.2. The van der Waals surface area contributed by atoms with E-state index in [4.69, 9.17) is 63.1 Å². The number of halogens is 2. The fourth-order valence-corrected chi connectivity index (χ4v) is 13.9. The summed E-state index contributed by atoms with van der Waals surface area (Å²) in [6.07, 6.45) is -20.1. The van der Waals surface area contributed by atoms with Gasteiger partial charge >= 0.3 is 5.97 Å². The minimum absolute atomic E-state index is 0.0146. The number of aliphatic carboxylic acids is 1. The normalized spacial score (nSPS) is 29.5. The number of aromatic hydroxyl groups is 3. The fraction of sp³-hybridized carbons (Fsp3) is 0.457. The highest BCUT2D eigenvalue weighted by molar-refractivity contribution is 6.32. The van der Waals surface area contributed by atoms with Gasteiger partial charge < -0.3 is 112 Å². The number of fused-ring (bicyclic) bond motifs is 15. The molecule has 30 nitrogen and oxygen atoms in total. The molecule has 18 atom stereocenters. The number of aliphatic hydroxyl groups excluding tert-OH is 6. The highest BCUT2D eigenvalue weighted by Gasteiger charge is 2.51. The first-order valence-electron chi connectivity index (χ1n) is 32.9. The van der Waals surface area contributed by atoms with Crippen molar-refractivity contribution in [3.63, 3.8) is 0 Å². The number of aliphatic hydroxyl groups is 6. The molecule has 0 spiro atoms. The molecule has 12 rings (SSSR count). The molecule has 0 radical (unpaired) electrons. The van der Waals surface area contributed by atoms with Crippen molar-refractivity contribution < 1.29 is 118 Å². The molecule has 5 amide bonds. The lowest BCUT2D eigenvalue weighted by Gasteiger charge is -2.47. The van der Waals surface area contributed by atoms with E-state index in [1.54, 1.807) is 6.92 Å². The lowest BCUT2D eigenvalue weighted by Crippen LogP contribution is -2.64. The van der Waals surface area contributed by atoms with Gasteiger partial charge in [-0.2, -0.15) is 0 Å². The molecule has 2 saturated heterocycles. The maximum Gasteiger partial charge on any atom is 0.330 e. The maximum atomic E-state index is 15.9. The molecule has 2 fully saturated rings. The van der Waals surface area contributed by atoms with Crippen molar-refractivity contribution in [3.05, 3.63) is 117 Å². The number of carbonyl (C=O) groups excluding carboxylic acids is 7.